The van der Waals surface area contributed by atoms with E-state index in [1.807, 2.05) is 59.5 Å². The summed E-state index contributed by atoms with van der Waals surface area (Å²) in [6.45, 7) is 0. The van der Waals surface area contributed by atoms with Crippen LogP contribution >= 0.6 is 0 Å². The zero-order valence-corrected chi connectivity index (χ0v) is 23.0. The molecule has 4 aromatic rings. The van der Waals surface area contributed by atoms with Crippen LogP contribution in [0.15, 0.2) is 103 Å². The van der Waals surface area contributed by atoms with Gasteiger partial charge in [0.15, 0.2) is 11.6 Å². The van der Waals surface area contributed by atoms with Crippen molar-refractivity contribution in [2.45, 2.75) is 17.5 Å². The highest BCUT2D eigenvalue weighted by Crippen LogP contribution is 2.58. The van der Waals surface area contributed by atoms with Gasteiger partial charge in [0.25, 0.3) is 5.69 Å². The molecule has 43 heavy (non-hydrogen) atoms. The highest BCUT2D eigenvalue weighted by molar-refractivity contribution is 6.18. The van der Waals surface area contributed by atoms with Gasteiger partial charge in [0.05, 0.1) is 24.0 Å². The average molecular weight is 572 g/mol. The number of ketones is 2. The van der Waals surface area contributed by atoms with E-state index >= 15 is 0 Å². The Morgan fingerprint density at radius 1 is 0.907 bits per heavy atom. The van der Waals surface area contributed by atoms with Crippen molar-refractivity contribution in [3.8, 4) is 5.75 Å². The summed E-state index contributed by atoms with van der Waals surface area (Å²) < 4.78 is 5.29. The molecule has 0 bridgehead atoms. The van der Waals surface area contributed by atoms with Gasteiger partial charge >= 0.3 is 0 Å². The van der Waals surface area contributed by atoms with Crippen molar-refractivity contribution < 1.29 is 24.0 Å². The zero-order chi connectivity index (χ0) is 29.9. The van der Waals surface area contributed by atoms with E-state index in [0.29, 0.717) is 28.3 Å². The summed E-state index contributed by atoms with van der Waals surface area (Å²) in [5.74, 6) is -1.88. The second-order valence-corrected chi connectivity index (χ2v) is 10.8. The molecule has 4 aromatic carbocycles. The maximum absolute atomic E-state index is 14.8. The molecule has 1 fully saturated rings. The number of nitrogens with one attached hydrogen (secondary N) is 1. The highest BCUT2D eigenvalue weighted by Gasteiger charge is 2.70. The molecule has 4 unspecified atom stereocenters. The summed E-state index contributed by atoms with van der Waals surface area (Å²) in [6.07, 6.45) is 3.81. The van der Waals surface area contributed by atoms with E-state index in [-0.39, 0.29) is 17.2 Å². The third-order valence-electron chi connectivity index (χ3n) is 8.81. The molecule has 3 aliphatic rings. The number of nitro groups is 1. The Balaban J connectivity index is 1.52. The van der Waals surface area contributed by atoms with E-state index in [1.165, 1.54) is 31.4 Å². The minimum absolute atomic E-state index is 0.0845. The minimum Gasteiger partial charge on any atom is -0.497 e. The average Bonchev–Trinajstić information content (AvgIpc) is 3.52. The van der Waals surface area contributed by atoms with E-state index in [0.717, 1.165) is 5.56 Å². The summed E-state index contributed by atoms with van der Waals surface area (Å²) in [4.78, 5) is 56.8. The van der Waals surface area contributed by atoms with Gasteiger partial charge in [0.1, 0.15) is 17.2 Å². The van der Waals surface area contributed by atoms with Crippen LogP contribution in [0.25, 0.3) is 6.08 Å². The molecule has 0 radical (unpaired) electrons. The Morgan fingerprint density at radius 2 is 1.65 bits per heavy atom. The molecule has 212 valence electrons. The van der Waals surface area contributed by atoms with Crippen molar-refractivity contribution >= 4 is 40.6 Å². The van der Waals surface area contributed by atoms with Gasteiger partial charge in [-0.2, -0.15) is 0 Å². The van der Waals surface area contributed by atoms with Gasteiger partial charge in [0, 0.05) is 34.6 Å². The number of fused-ring (bicyclic) bond motifs is 6. The van der Waals surface area contributed by atoms with Crippen molar-refractivity contribution in [2.24, 2.45) is 5.92 Å². The third kappa shape index (κ3) is 3.74. The Kier molecular flexibility index (Phi) is 5.98. The lowest BCUT2D eigenvalue weighted by Crippen LogP contribution is -2.51. The summed E-state index contributed by atoms with van der Waals surface area (Å²) in [7, 11) is 1.53. The van der Waals surface area contributed by atoms with Crippen molar-refractivity contribution in [1.29, 1.82) is 0 Å². The van der Waals surface area contributed by atoms with Gasteiger partial charge in [-0.1, -0.05) is 60.7 Å². The molecule has 9 nitrogen and oxygen atoms in total. The van der Waals surface area contributed by atoms with Crippen molar-refractivity contribution in [2.75, 3.05) is 17.3 Å². The van der Waals surface area contributed by atoms with Crippen LogP contribution in [0.2, 0.25) is 0 Å². The van der Waals surface area contributed by atoms with Crippen LogP contribution < -0.4 is 15.0 Å². The first-order valence-electron chi connectivity index (χ1n) is 13.8. The summed E-state index contributed by atoms with van der Waals surface area (Å²) >= 11 is 0. The largest absolute Gasteiger partial charge is 0.497 e. The second-order valence-electron chi connectivity index (χ2n) is 10.8. The monoisotopic (exact) mass is 571 g/mol. The van der Waals surface area contributed by atoms with E-state index < -0.39 is 39.9 Å². The predicted molar refractivity (Wildman–Crippen MR) is 161 cm³/mol. The Hall–Kier alpha value is -5.57. The molecule has 0 aliphatic carbocycles. The number of amides is 1. The number of carbonyl (C=O) groups excluding carboxylic acids is 3. The molecule has 0 aromatic heterocycles. The highest BCUT2D eigenvalue weighted by atomic mass is 16.6. The normalized spacial score (nSPS) is 22.9. The molecular weight excluding hydrogens is 546 g/mol. The van der Waals surface area contributed by atoms with Crippen LogP contribution in [-0.2, 0) is 10.2 Å². The summed E-state index contributed by atoms with van der Waals surface area (Å²) in [5.41, 5.74) is 1.42. The molecular formula is C34H25N3O6. The van der Waals surface area contributed by atoms with Crippen molar-refractivity contribution in [3.63, 3.8) is 0 Å². The molecule has 0 saturated carbocycles. The quantitative estimate of drug-likeness (QED) is 0.185. The predicted octanol–water partition coefficient (Wildman–Crippen LogP) is 5.46. The van der Waals surface area contributed by atoms with Gasteiger partial charge in [-0.15, -0.1) is 0 Å². The minimum atomic E-state index is -1.47. The molecule has 3 heterocycles. The molecule has 7 rings (SSSR count). The number of ether oxygens (including phenoxy) is 1. The number of nitrogens with zero attached hydrogens (tertiary/aromatic N) is 2. The van der Waals surface area contributed by atoms with E-state index in [1.54, 1.807) is 30.3 Å². The van der Waals surface area contributed by atoms with E-state index in [9.17, 15) is 24.5 Å². The lowest BCUT2D eigenvalue weighted by molar-refractivity contribution is -0.384. The summed E-state index contributed by atoms with van der Waals surface area (Å²) in [5, 5.41) is 14.6. The van der Waals surface area contributed by atoms with E-state index in [4.69, 9.17) is 4.74 Å². The first-order chi connectivity index (χ1) is 20.9. The standard InChI is InChI=1S/C34H25N3O6/c1-43-24-16-13-21(14-17-24)31(38)29-30(32(39)22-8-6-9-23(19-22)37(41)42)36-27-12-5-2-7-20(27)15-18-28(36)34(29)25-10-3-4-11-26(25)35-33(34)40/h2-19,28-30H,1H3,(H,35,40). The molecule has 1 N–H and O–H groups in total. The number of benzene rings is 4. The second kappa shape index (κ2) is 9.77. The summed E-state index contributed by atoms with van der Waals surface area (Å²) in [6, 6.07) is 25.0. The first kappa shape index (κ1) is 26.3. The fraction of sp³-hybridized carbons (Fsp3) is 0.147. The molecule has 1 saturated heterocycles. The van der Waals surface area contributed by atoms with Gasteiger partial charge in [0.2, 0.25) is 5.91 Å². The Morgan fingerprint density at radius 3 is 2.42 bits per heavy atom. The number of rotatable bonds is 6. The SMILES string of the molecule is COc1ccc(C(=O)C2C(C(=O)c3cccc([N+](=O)[O-])c3)N3c4ccccc4C=CC3C23C(=O)Nc2ccccc23)cc1. The van der Waals surface area contributed by atoms with Crippen LogP contribution in [0.4, 0.5) is 17.1 Å². The number of hydrogen-bond donors (Lipinski definition) is 1. The number of non-ortho nitro benzene ring substituents is 1. The third-order valence-corrected chi connectivity index (χ3v) is 8.81. The number of hydrogen-bond acceptors (Lipinski definition) is 7. The maximum Gasteiger partial charge on any atom is 0.270 e. The Labute approximate surface area is 246 Å². The number of nitro benzene ring substituents is 1. The van der Waals surface area contributed by atoms with Gasteiger partial charge in [-0.25, -0.2) is 0 Å². The lowest BCUT2D eigenvalue weighted by atomic mass is 9.64. The zero-order valence-electron chi connectivity index (χ0n) is 23.0. The van der Waals surface area contributed by atoms with Crippen LogP contribution in [-0.4, -0.2) is 41.6 Å². The van der Waals surface area contributed by atoms with Crippen LogP contribution in [0.3, 0.4) is 0 Å². The van der Waals surface area contributed by atoms with Crippen LogP contribution in [0.1, 0.15) is 31.8 Å². The first-order valence-corrected chi connectivity index (χ1v) is 13.8. The molecule has 4 atom stereocenters. The number of Topliss-reactive ketones (excluding diaryl/α,β-unsaturated/α-hetero) is 2. The maximum atomic E-state index is 14.8. The van der Waals surface area contributed by atoms with Gasteiger partial charge in [-0.3, -0.25) is 24.5 Å². The molecule has 1 amide bonds. The van der Waals surface area contributed by atoms with Gasteiger partial charge < -0.3 is 15.0 Å². The van der Waals surface area contributed by atoms with Crippen LogP contribution in [0, 0.1) is 16.0 Å². The molecule has 3 aliphatic heterocycles. The lowest BCUT2D eigenvalue weighted by Gasteiger charge is -2.37. The molecule has 1 spiro atoms. The fourth-order valence-corrected chi connectivity index (χ4v) is 7.00. The van der Waals surface area contributed by atoms with E-state index in [2.05, 4.69) is 5.32 Å². The van der Waals surface area contributed by atoms with Crippen LogP contribution in [0.5, 0.6) is 5.75 Å². The number of methoxy groups -OCH3 is 1. The molecule has 9 heteroatoms. The van der Waals surface area contributed by atoms with Crippen molar-refractivity contribution in [1.82, 2.24) is 0 Å². The van der Waals surface area contributed by atoms with Gasteiger partial charge in [-0.05, 0) is 47.5 Å². The Bertz CT molecular complexity index is 1870. The number of carbonyl (C=O) groups is 3. The fourth-order valence-electron chi connectivity index (χ4n) is 7.00. The van der Waals surface area contributed by atoms with Crippen molar-refractivity contribution in [3.05, 3.63) is 136 Å². The topological polar surface area (TPSA) is 119 Å². The number of anilines is 2. The smallest absolute Gasteiger partial charge is 0.270 e. The number of para-hydroxylation sites is 2.